The number of carbonyl (C=O) groups is 1. The molecule has 1 nitrogen and oxygen atoms in total. The van der Waals surface area contributed by atoms with Gasteiger partial charge in [-0.3, -0.25) is 0 Å². The zero-order valence-electron chi connectivity index (χ0n) is 11.6. The standard InChI is InChI=1S/C16H24OS/c1-3-12-18-13-4-5-15-8-10-16(11-9-15)7-6-14(2)17/h8-11H,3-7,12-13H2,1-2H3. The molecule has 2 heteroatoms. The minimum atomic E-state index is 0.270. The van der Waals surface area contributed by atoms with Crippen molar-refractivity contribution in [2.45, 2.75) is 46.0 Å². The fourth-order valence-electron chi connectivity index (χ4n) is 1.82. The number of hydrogen-bond acceptors (Lipinski definition) is 2. The van der Waals surface area contributed by atoms with E-state index in [0.29, 0.717) is 6.42 Å². The Morgan fingerprint density at radius 2 is 1.67 bits per heavy atom. The number of Topliss-reactive ketones (excluding diaryl/α,β-unsaturated/α-hetero) is 1. The second kappa shape index (κ2) is 9.21. The molecule has 1 rings (SSSR count). The molecule has 0 spiro atoms. The first-order valence-corrected chi connectivity index (χ1v) is 8.03. The summed E-state index contributed by atoms with van der Waals surface area (Å²) in [6.07, 6.45) is 5.24. The first-order chi connectivity index (χ1) is 8.72. The third-order valence-corrected chi connectivity index (χ3v) is 4.17. The van der Waals surface area contributed by atoms with Crippen LogP contribution in [0.15, 0.2) is 24.3 Å². The summed E-state index contributed by atoms with van der Waals surface area (Å²) in [5.74, 6) is 2.82. The zero-order chi connectivity index (χ0) is 13.2. The highest BCUT2D eigenvalue weighted by Crippen LogP contribution is 2.11. The summed E-state index contributed by atoms with van der Waals surface area (Å²) in [5, 5.41) is 0. The van der Waals surface area contributed by atoms with Crippen molar-refractivity contribution in [2.75, 3.05) is 11.5 Å². The largest absolute Gasteiger partial charge is 0.300 e. The van der Waals surface area contributed by atoms with Gasteiger partial charge in [0, 0.05) is 6.42 Å². The Kier molecular flexibility index (Phi) is 7.83. The molecule has 18 heavy (non-hydrogen) atoms. The van der Waals surface area contributed by atoms with Gasteiger partial charge in [-0.25, -0.2) is 0 Å². The maximum Gasteiger partial charge on any atom is 0.130 e. The number of aryl methyl sites for hydroxylation is 2. The SMILES string of the molecule is CCCSCCCc1ccc(CCC(C)=O)cc1. The molecule has 100 valence electrons. The van der Waals surface area contributed by atoms with Crippen molar-refractivity contribution < 1.29 is 4.79 Å². The van der Waals surface area contributed by atoms with Crippen molar-refractivity contribution in [2.24, 2.45) is 0 Å². The van der Waals surface area contributed by atoms with Crippen LogP contribution >= 0.6 is 11.8 Å². The Bertz CT molecular complexity index is 343. The van der Waals surface area contributed by atoms with Gasteiger partial charge in [-0.15, -0.1) is 0 Å². The van der Waals surface area contributed by atoms with E-state index >= 15 is 0 Å². The van der Waals surface area contributed by atoms with Crippen LogP contribution in [-0.2, 0) is 17.6 Å². The Balaban J connectivity index is 2.25. The summed E-state index contributed by atoms with van der Waals surface area (Å²) in [5.41, 5.74) is 2.69. The van der Waals surface area contributed by atoms with Crippen LogP contribution in [0.2, 0.25) is 0 Å². The molecule has 0 unspecified atom stereocenters. The molecule has 0 aliphatic heterocycles. The van der Waals surface area contributed by atoms with Crippen LogP contribution in [0, 0.1) is 0 Å². The Hall–Kier alpha value is -0.760. The second-order valence-corrected chi connectivity index (χ2v) is 5.96. The third kappa shape index (κ3) is 6.85. The lowest BCUT2D eigenvalue weighted by atomic mass is 10.0. The quantitative estimate of drug-likeness (QED) is 0.619. The fraction of sp³-hybridized carbons (Fsp3) is 0.562. The monoisotopic (exact) mass is 264 g/mol. The van der Waals surface area contributed by atoms with E-state index in [0.717, 1.165) is 6.42 Å². The molecule has 1 aromatic carbocycles. The highest BCUT2D eigenvalue weighted by Gasteiger charge is 1.98. The molecular formula is C16H24OS. The van der Waals surface area contributed by atoms with E-state index in [1.807, 2.05) is 11.8 Å². The average molecular weight is 264 g/mol. The molecule has 0 heterocycles. The summed E-state index contributed by atoms with van der Waals surface area (Å²) in [7, 11) is 0. The first kappa shape index (κ1) is 15.3. The van der Waals surface area contributed by atoms with Gasteiger partial charge in [-0.05, 0) is 55.2 Å². The van der Waals surface area contributed by atoms with E-state index in [-0.39, 0.29) is 5.78 Å². The zero-order valence-corrected chi connectivity index (χ0v) is 12.4. The van der Waals surface area contributed by atoms with Crippen LogP contribution in [0.5, 0.6) is 0 Å². The van der Waals surface area contributed by atoms with Crippen LogP contribution < -0.4 is 0 Å². The van der Waals surface area contributed by atoms with Crippen molar-refractivity contribution in [3.63, 3.8) is 0 Å². The Morgan fingerprint density at radius 1 is 1.06 bits per heavy atom. The van der Waals surface area contributed by atoms with Crippen LogP contribution in [0.1, 0.15) is 44.2 Å². The summed E-state index contributed by atoms with van der Waals surface area (Å²) in [6, 6.07) is 8.74. The van der Waals surface area contributed by atoms with E-state index in [1.54, 1.807) is 6.92 Å². The third-order valence-electron chi connectivity index (χ3n) is 2.89. The maximum absolute atomic E-state index is 10.9. The second-order valence-electron chi connectivity index (χ2n) is 4.73. The Morgan fingerprint density at radius 3 is 2.22 bits per heavy atom. The van der Waals surface area contributed by atoms with Gasteiger partial charge < -0.3 is 4.79 Å². The highest BCUT2D eigenvalue weighted by molar-refractivity contribution is 7.99. The van der Waals surface area contributed by atoms with Gasteiger partial charge in [0.1, 0.15) is 5.78 Å². The molecule has 0 saturated carbocycles. The van der Waals surface area contributed by atoms with Crippen LogP contribution in [0.4, 0.5) is 0 Å². The van der Waals surface area contributed by atoms with E-state index in [2.05, 4.69) is 31.2 Å². The molecule has 0 amide bonds. The molecule has 0 radical (unpaired) electrons. The number of hydrogen-bond donors (Lipinski definition) is 0. The van der Waals surface area contributed by atoms with Gasteiger partial charge in [0.2, 0.25) is 0 Å². The van der Waals surface area contributed by atoms with Gasteiger partial charge in [0.15, 0.2) is 0 Å². The molecule has 0 atom stereocenters. The van der Waals surface area contributed by atoms with E-state index in [4.69, 9.17) is 0 Å². The van der Waals surface area contributed by atoms with Crippen molar-refractivity contribution in [1.29, 1.82) is 0 Å². The molecule has 0 aromatic heterocycles. The van der Waals surface area contributed by atoms with E-state index < -0.39 is 0 Å². The molecule has 0 aliphatic rings. The number of carbonyl (C=O) groups excluding carboxylic acids is 1. The average Bonchev–Trinajstić information content (AvgIpc) is 2.37. The number of thioether (sulfide) groups is 1. The normalized spacial score (nSPS) is 10.6. The molecule has 1 aromatic rings. The predicted octanol–water partition coefficient (Wildman–Crippen LogP) is 4.28. The molecule has 0 aliphatic carbocycles. The minimum Gasteiger partial charge on any atom is -0.300 e. The summed E-state index contributed by atoms with van der Waals surface area (Å²) < 4.78 is 0. The van der Waals surface area contributed by atoms with E-state index in [9.17, 15) is 4.79 Å². The minimum absolute atomic E-state index is 0.270. The topological polar surface area (TPSA) is 17.1 Å². The first-order valence-electron chi connectivity index (χ1n) is 6.87. The van der Waals surface area contributed by atoms with E-state index in [1.165, 1.54) is 41.9 Å². The number of ketones is 1. The molecule has 0 fully saturated rings. The predicted molar refractivity (Wildman–Crippen MR) is 81.4 cm³/mol. The van der Waals surface area contributed by atoms with Crippen molar-refractivity contribution >= 4 is 17.5 Å². The summed E-state index contributed by atoms with van der Waals surface area (Å²) in [6.45, 7) is 3.88. The number of rotatable bonds is 9. The van der Waals surface area contributed by atoms with Crippen LogP contribution in [-0.4, -0.2) is 17.3 Å². The van der Waals surface area contributed by atoms with Gasteiger partial charge in [0.05, 0.1) is 0 Å². The van der Waals surface area contributed by atoms with Crippen LogP contribution in [0.3, 0.4) is 0 Å². The van der Waals surface area contributed by atoms with Gasteiger partial charge in [-0.2, -0.15) is 11.8 Å². The summed E-state index contributed by atoms with van der Waals surface area (Å²) in [4.78, 5) is 10.9. The van der Waals surface area contributed by atoms with Crippen molar-refractivity contribution in [1.82, 2.24) is 0 Å². The molecular weight excluding hydrogens is 240 g/mol. The van der Waals surface area contributed by atoms with Gasteiger partial charge >= 0.3 is 0 Å². The van der Waals surface area contributed by atoms with Crippen molar-refractivity contribution in [3.8, 4) is 0 Å². The van der Waals surface area contributed by atoms with Crippen LogP contribution in [0.25, 0.3) is 0 Å². The Labute approximate surface area is 115 Å². The smallest absolute Gasteiger partial charge is 0.130 e. The lowest BCUT2D eigenvalue weighted by Gasteiger charge is -2.04. The lowest BCUT2D eigenvalue weighted by Crippen LogP contribution is -1.94. The fourth-order valence-corrected chi connectivity index (χ4v) is 2.66. The lowest BCUT2D eigenvalue weighted by molar-refractivity contribution is -0.116. The van der Waals surface area contributed by atoms with Gasteiger partial charge in [-0.1, -0.05) is 31.2 Å². The number of benzene rings is 1. The van der Waals surface area contributed by atoms with Gasteiger partial charge in [0.25, 0.3) is 0 Å². The maximum atomic E-state index is 10.9. The molecule has 0 saturated heterocycles. The molecule has 0 N–H and O–H groups in total. The van der Waals surface area contributed by atoms with Crippen molar-refractivity contribution in [3.05, 3.63) is 35.4 Å². The molecule has 0 bridgehead atoms. The summed E-state index contributed by atoms with van der Waals surface area (Å²) >= 11 is 2.05. The highest BCUT2D eigenvalue weighted by atomic mass is 32.2.